The van der Waals surface area contributed by atoms with Crippen molar-refractivity contribution >= 4 is 52.1 Å². The van der Waals surface area contributed by atoms with Crippen molar-refractivity contribution in [3.63, 3.8) is 0 Å². The highest BCUT2D eigenvalue weighted by Gasteiger charge is 2.52. The van der Waals surface area contributed by atoms with Crippen LogP contribution in [0.25, 0.3) is 66.8 Å². The molecule has 2 heterocycles. The fourth-order valence-corrected chi connectivity index (χ4v) is 16.9. The van der Waals surface area contributed by atoms with E-state index in [9.17, 15) is 0 Å². The minimum atomic E-state index is -0.552. The SMILES string of the molecule is O=C(c1ccc2c(c1)-c1cc(N3c4ccccc4SC4C=CC=CC43)ccc1-c1ccc(N3c4ccccc4SC4C=CC=CC43)cc1-c1ccccc1-2)c1ccc2c(c1)C1(c3ccccc3-c3ccccc31)c1ccccc1-2. The Bertz CT molecular complexity index is 4360. The predicted octanol–water partition coefficient (Wildman–Crippen LogP) is 18.5. The van der Waals surface area contributed by atoms with E-state index in [1.165, 1.54) is 65.7 Å². The highest BCUT2D eigenvalue weighted by molar-refractivity contribution is 8.00. The van der Waals surface area contributed by atoms with Crippen LogP contribution in [0.15, 0.2) is 277 Å². The van der Waals surface area contributed by atoms with E-state index >= 15 is 4.79 Å². The van der Waals surface area contributed by atoms with Gasteiger partial charge in [-0.2, -0.15) is 0 Å². The molecule has 3 nitrogen and oxygen atoms in total. The minimum absolute atomic E-state index is 0.00297. The molecule has 5 heteroatoms. The number of fused-ring (bicyclic) bond motifs is 22. The number of anilines is 4. The highest BCUT2D eigenvalue weighted by atomic mass is 32.2. The van der Waals surface area contributed by atoms with E-state index in [2.05, 4.69) is 277 Å². The van der Waals surface area contributed by atoms with Crippen molar-refractivity contribution in [3.8, 4) is 66.8 Å². The third-order valence-electron chi connectivity index (χ3n) is 17.7. The summed E-state index contributed by atoms with van der Waals surface area (Å²) in [6.07, 6.45) is 18.2. The molecule has 5 aliphatic carbocycles. The lowest BCUT2D eigenvalue weighted by molar-refractivity contribution is 0.103. The van der Waals surface area contributed by atoms with Gasteiger partial charge >= 0.3 is 0 Å². The Hall–Kier alpha value is -8.87. The standard InChI is InChI=1S/C74H48N2OS2/c77-73(46-34-38-57-56-21-5-8-24-63(56)74(64(57)42-46)61-22-6-3-19-54(61)55-20-4-7-23-62(55)74)45-33-37-51-49-17-1-2-18-50(49)59-43-47(75-65-25-9-13-29-69(65)78-70-30-14-10-26-66(70)75)35-39-52(59)53-40-36-48(44-60(53)58(51)41-45)76-67-27-11-15-31-71(67)79-72-32-16-12-28-68(72)76/h1-44,65,67,69,71H. The van der Waals surface area contributed by atoms with Crippen LogP contribution in [0.3, 0.4) is 0 Å². The van der Waals surface area contributed by atoms with E-state index in [0.29, 0.717) is 11.1 Å². The van der Waals surface area contributed by atoms with Crippen molar-refractivity contribution in [2.45, 2.75) is 37.8 Å². The van der Waals surface area contributed by atoms with Crippen molar-refractivity contribution in [3.05, 3.63) is 300 Å². The average Bonchev–Trinajstić information content (AvgIpc) is 3.89. The summed E-state index contributed by atoms with van der Waals surface area (Å²) < 4.78 is 0. The van der Waals surface area contributed by atoms with Gasteiger partial charge in [0.15, 0.2) is 5.78 Å². The summed E-state index contributed by atoms with van der Waals surface area (Å²) in [5, 5.41) is 0.539. The smallest absolute Gasteiger partial charge is 0.193 e. The molecule has 4 unspecified atom stereocenters. The fourth-order valence-electron chi connectivity index (χ4n) is 14.4. The summed E-state index contributed by atoms with van der Waals surface area (Å²) in [6.45, 7) is 0. The summed E-state index contributed by atoms with van der Waals surface area (Å²) in [5.74, 6) is 0.00297. The van der Waals surface area contributed by atoms with Crippen LogP contribution in [0.2, 0.25) is 0 Å². The number of thioether (sulfide) groups is 2. The maximum absolute atomic E-state index is 15.8. The highest BCUT2D eigenvalue weighted by Crippen LogP contribution is 2.63. The summed E-state index contributed by atoms with van der Waals surface area (Å²) in [6, 6.07) is 80.6. The first-order valence-corrected chi connectivity index (χ1v) is 29.2. The Kier molecular flexibility index (Phi) is 9.90. The van der Waals surface area contributed by atoms with Gasteiger partial charge in [-0.25, -0.2) is 0 Å². The van der Waals surface area contributed by atoms with Gasteiger partial charge in [-0.3, -0.25) is 4.79 Å². The van der Waals surface area contributed by atoms with E-state index in [1.807, 2.05) is 23.5 Å². The van der Waals surface area contributed by atoms with Gasteiger partial charge in [0, 0.05) is 32.3 Å². The van der Waals surface area contributed by atoms with E-state index in [4.69, 9.17) is 0 Å². The van der Waals surface area contributed by atoms with E-state index in [-0.39, 0.29) is 28.4 Å². The van der Waals surface area contributed by atoms with Crippen molar-refractivity contribution in [2.75, 3.05) is 9.80 Å². The number of hydrogen-bond donors (Lipinski definition) is 0. The van der Waals surface area contributed by atoms with Crippen LogP contribution in [0.1, 0.15) is 38.2 Å². The van der Waals surface area contributed by atoms with Crippen molar-refractivity contribution < 1.29 is 4.79 Å². The van der Waals surface area contributed by atoms with E-state index < -0.39 is 5.41 Å². The third kappa shape index (κ3) is 6.49. The summed E-state index contributed by atoms with van der Waals surface area (Å²) in [7, 11) is 0. The molecule has 4 atom stereocenters. The van der Waals surface area contributed by atoms with Gasteiger partial charge in [-0.05, 0) is 150 Å². The number of nitrogens with zero attached hydrogens (tertiary/aromatic N) is 2. The number of carbonyl (C=O) groups is 1. The molecule has 0 N–H and O–H groups in total. The largest absolute Gasteiger partial charge is 0.332 e. The summed E-state index contributed by atoms with van der Waals surface area (Å²) in [4.78, 5) is 23.4. The maximum atomic E-state index is 15.8. The molecule has 17 rings (SSSR count). The Morgan fingerprint density at radius 1 is 0.329 bits per heavy atom. The van der Waals surface area contributed by atoms with Crippen molar-refractivity contribution in [1.29, 1.82) is 0 Å². The molecule has 2 aliphatic heterocycles. The summed E-state index contributed by atoms with van der Waals surface area (Å²) in [5.41, 5.74) is 24.3. The Labute approximate surface area is 468 Å². The number of hydrogen-bond acceptors (Lipinski definition) is 5. The maximum Gasteiger partial charge on any atom is 0.193 e. The number of benzene rings is 10. The first-order valence-electron chi connectivity index (χ1n) is 27.4. The molecule has 372 valence electrons. The normalized spacial score (nSPS) is 19.2. The molecule has 0 saturated heterocycles. The molecule has 0 saturated carbocycles. The number of ketones is 1. The lowest BCUT2D eigenvalue weighted by Crippen LogP contribution is -2.41. The lowest BCUT2D eigenvalue weighted by atomic mass is 9.70. The second-order valence-corrected chi connectivity index (χ2v) is 24.0. The molecule has 10 aromatic rings. The minimum Gasteiger partial charge on any atom is -0.332 e. The van der Waals surface area contributed by atoms with Crippen LogP contribution in [0, 0.1) is 0 Å². The molecule has 0 aromatic heterocycles. The second-order valence-electron chi connectivity index (χ2n) is 21.6. The third-order valence-corrected chi connectivity index (χ3v) is 20.3. The first-order chi connectivity index (χ1) is 39.1. The Morgan fingerprint density at radius 3 is 1.23 bits per heavy atom. The quantitative estimate of drug-likeness (QED) is 0.164. The van der Waals surface area contributed by atoms with E-state index in [1.54, 1.807) is 0 Å². The van der Waals surface area contributed by atoms with Crippen LogP contribution in [0.5, 0.6) is 0 Å². The van der Waals surface area contributed by atoms with Crippen LogP contribution in [-0.2, 0) is 5.41 Å². The zero-order chi connectivity index (χ0) is 51.9. The molecule has 0 radical (unpaired) electrons. The van der Waals surface area contributed by atoms with Gasteiger partial charge in [-0.1, -0.05) is 206 Å². The number of rotatable bonds is 4. The van der Waals surface area contributed by atoms with Gasteiger partial charge in [0.05, 0.1) is 39.4 Å². The van der Waals surface area contributed by atoms with Gasteiger partial charge in [-0.15, -0.1) is 23.5 Å². The zero-order valence-corrected chi connectivity index (χ0v) is 44.5. The molecular weight excluding hydrogens is 997 g/mol. The van der Waals surface area contributed by atoms with Crippen LogP contribution >= 0.6 is 23.5 Å². The number of para-hydroxylation sites is 2. The van der Waals surface area contributed by atoms with Gasteiger partial charge < -0.3 is 9.80 Å². The molecule has 79 heavy (non-hydrogen) atoms. The topological polar surface area (TPSA) is 23.6 Å². The monoisotopic (exact) mass is 1040 g/mol. The first kappa shape index (κ1) is 45.2. The fraction of sp³-hybridized carbons (Fsp3) is 0.0676. The van der Waals surface area contributed by atoms with Crippen molar-refractivity contribution in [1.82, 2.24) is 0 Å². The lowest BCUT2D eigenvalue weighted by Gasteiger charge is -2.42. The van der Waals surface area contributed by atoms with Crippen LogP contribution < -0.4 is 9.80 Å². The van der Waals surface area contributed by atoms with Crippen molar-refractivity contribution in [2.24, 2.45) is 0 Å². The Morgan fingerprint density at radius 2 is 0.696 bits per heavy atom. The molecule has 0 amide bonds. The molecule has 10 aromatic carbocycles. The average molecular weight is 1050 g/mol. The molecular formula is C74H48N2OS2. The van der Waals surface area contributed by atoms with Gasteiger partial charge in [0.1, 0.15) is 0 Å². The van der Waals surface area contributed by atoms with Gasteiger partial charge in [0.25, 0.3) is 0 Å². The number of carbonyl (C=O) groups excluding carboxylic acids is 1. The molecule has 1 spiro atoms. The Balaban J connectivity index is 0.867. The summed E-state index contributed by atoms with van der Waals surface area (Å²) >= 11 is 3.89. The molecule has 0 bridgehead atoms. The second kappa shape index (κ2) is 17.3. The predicted molar refractivity (Wildman–Crippen MR) is 329 cm³/mol. The molecule has 7 aliphatic rings. The molecule has 0 fully saturated rings. The number of allylic oxidation sites excluding steroid dienone is 4. The van der Waals surface area contributed by atoms with Gasteiger partial charge in [0.2, 0.25) is 0 Å². The zero-order valence-electron chi connectivity index (χ0n) is 42.8. The van der Waals surface area contributed by atoms with Crippen LogP contribution in [-0.4, -0.2) is 28.4 Å². The van der Waals surface area contributed by atoms with Crippen LogP contribution in [0.4, 0.5) is 22.7 Å². The van der Waals surface area contributed by atoms with E-state index in [0.717, 1.165) is 55.9 Å².